The van der Waals surface area contributed by atoms with Crippen molar-refractivity contribution in [1.29, 1.82) is 0 Å². The summed E-state index contributed by atoms with van der Waals surface area (Å²) in [7, 11) is 0. The Kier molecular flexibility index (Phi) is 5.41. The molecule has 0 radical (unpaired) electrons. The fourth-order valence-corrected chi connectivity index (χ4v) is 2.28. The van der Waals surface area contributed by atoms with Crippen LogP contribution in [0.1, 0.15) is 24.3 Å². The molecule has 0 aliphatic heterocycles. The van der Waals surface area contributed by atoms with E-state index in [1.54, 1.807) is 18.3 Å². The first-order chi connectivity index (χ1) is 7.54. The van der Waals surface area contributed by atoms with Gasteiger partial charge in [-0.2, -0.15) is 0 Å². The summed E-state index contributed by atoms with van der Waals surface area (Å²) in [6.45, 7) is 4.14. The second-order valence-electron chi connectivity index (χ2n) is 3.84. The first kappa shape index (κ1) is 13.6. The molecule has 0 spiro atoms. The molecule has 1 aromatic rings. The minimum Gasteiger partial charge on any atom is -0.347 e. The number of pyridine rings is 1. The Balaban J connectivity index is 2.68. The summed E-state index contributed by atoms with van der Waals surface area (Å²) in [5.74, 6) is 0.254. The monoisotopic (exact) mass is 348 g/mol. The number of hydrogen-bond donors (Lipinski definition) is 1. The highest BCUT2D eigenvalue weighted by Crippen LogP contribution is 2.09. The van der Waals surface area contributed by atoms with Gasteiger partial charge in [0.15, 0.2) is 0 Å². The van der Waals surface area contributed by atoms with Gasteiger partial charge in [-0.3, -0.25) is 4.79 Å². The highest BCUT2D eigenvalue weighted by molar-refractivity contribution is 9.10. The molecule has 0 bridgehead atoms. The van der Waals surface area contributed by atoms with Crippen LogP contribution < -0.4 is 5.32 Å². The standard InChI is InChI=1S/C11H14Br2N2O/c1-7(2)10(5-12)15-11(16)9-4-3-8(13)6-14-9/h3-4,6-7,10H,5H2,1-2H3,(H,15,16). The zero-order chi connectivity index (χ0) is 12.1. The molecule has 88 valence electrons. The highest BCUT2D eigenvalue weighted by atomic mass is 79.9. The smallest absolute Gasteiger partial charge is 0.270 e. The van der Waals surface area contributed by atoms with Crippen LogP contribution >= 0.6 is 31.9 Å². The van der Waals surface area contributed by atoms with Gasteiger partial charge in [-0.25, -0.2) is 4.98 Å². The molecule has 1 unspecified atom stereocenters. The number of nitrogens with zero attached hydrogens (tertiary/aromatic N) is 1. The normalized spacial score (nSPS) is 12.6. The minimum atomic E-state index is -0.134. The van der Waals surface area contributed by atoms with Crippen molar-refractivity contribution in [3.63, 3.8) is 0 Å². The molecule has 1 N–H and O–H groups in total. The molecule has 0 aliphatic carbocycles. The molecule has 0 aromatic carbocycles. The summed E-state index contributed by atoms with van der Waals surface area (Å²) in [4.78, 5) is 15.9. The SMILES string of the molecule is CC(C)C(CBr)NC(=O)c1ccc(Br)cn1. The Hall–Kier alpha value is -0.420. The average molecular weight is 350 g/mol. The number of amides is 1. The van der Waals surface area contributed by atoms with Crippen LogP contribution in [0.4, 0.5) is 0 Å². The van der Waals surface area contributed by atoms with Crippen LogP contribution in [0, 0.1) is 5.92 Å². The van der Waals surface area contributed by atoms with Crippen LogP contribution in [-0.4, -0.2) is 22.3 Å². The van der Waals surface area contributed by atoms with Gasteiger partial charge in [-0.1, -0.05) is 29.8 Å². The summed E-state index contributed by atoms with van der Waals surface area (Å²) >= 11 is 6.67. The second-order valence-corrected chi connectivity index (χ2v) is 5.40. The summed E-state index contributed by atoms with van der Waals surface area (Å²) in [5.41, 5.74) is 0.440. The third kappa shape index (κ3) is 3.87. The van der Waals surface area contributed by atoms with E-state index in [9.17, 15) is 4.79 Å². The maximum Gasteiger partial charge on any atom is 0.270 e. The Morgan fingerprint density at radius 2 is 2.19 bits per heavy atom. The van der Waals surface area contributed by atoms with Gasteiger partial charge < -0.3 is 5.32 Å². The molecule has 0 fully saturated rings. The van der Waals surface area contributed by atoms with Gasteiger partial charge in [0, 0.05) is 22.0 Å². The van der Waals surface area contributed by atoms with Crippen molar-refractivity contribution in [2.45, 2.75) is 19.9 Å². The Morgan fingerprint density at radius 3 is 2.62 bits per heavy atom. The molecule has 16 heavy (non-hydrogen) atoms. The largest absolute Gasteiger partial charge is 0.347 e. The number of halogens is 2. The van der Waals surface area contributed by atoms with Crippen molar-refractivity contribution in [2.24, 2.45) is 5.92 Å². The first-order valence-electron chi connectivity index (χ1n) is 5.03. The molecule has 1 aromatic heterocycles. The third-order valence-corrected chi connectivity index (χ3v) is 3.41. The summed E-state index contributed by atoms with van der Waals surface area (Å²) < 4.78 is 0.866. The van der Waals surface area contributed by atoms with Crippen LogP contribution in [0.15, 0.2) is 22.8 Å². The quantitative estimate of drug-likeness (QED) is 0.849. The van der Waals surface area contributed by atoms with Gasteiger partial charge in [-0.15, -0.1) is 0 Å². The molecular weight excluding hydrogens is 336 g/mol. The fourth-order valence-electron chi connectivity index (χ4n) is 1.14. The predicted octanol–water partition coefficient (Wildman–Crippen LogP) is 2.99. The summed E-state index contributed by atoms with van der Waals surface area (Å²) in [6, 6.07) is 3.63. The van der Waals surface area contributed by atoms with E-state index in [1.807, 2.05) is 0 Å². The van der Waals surface area contributed by atoms with E-state index >= 15 is 0 Å². The summed E-state index contributed by atoms with van der Waals surface area (Å²) in [5, 5.41) is 3.68. The lowest BCUT2D eigenvalue weighted by Crippen LogP contribution is -2.40. The maximum atomic E-state index is 11.8. The Morgan fingerprint density at radius 1 is 1.50 bits per heavy atom. The van der Waals surface area contributed by atoms with E-state index in [4.69, 9.17) is 0 Å². The van der Waals surface area contributed by atoms with E-state index in [1.165, 1.54) is 0 Å². The maximum absolute atomic E-state index is 11.8. The van der Waals surface area contributed by atoms with E-state index in [0.29, 0.717) is 11.6 Å². The molecular formula is C11H14Br2N2O. The molecule has 0 aliphatic rings. The molecule has 1 heterocycles. The highest BCUT2D eigenvalue weighted by Gasteiger charge is 2.16. The van der Waals surface area contributed by atoms with Crippen molar-refractivity contribution in [1.82, 2.24) is 10.3 Å². The first-order valence-corrected chi connectivity index (χ1v) is 6.94. The lowest BCUT2D eigenvalue weighted by atomic mass is 10.1. The fraction of sp³-hybridized carbons (Fsp3) is 0.455. The van der Waals surface area contributed by atoms with E-state index in [2.05, 4.69) is 56.0 Å². The van der Waals surface area contributed by atoms with Gasteiger partial charge in [0.25, 0.3) is 5.91 Å². The topological polar surface area (TPSA) is 42.0 Å². The molecule has 1 amide bonds. The van der Waals surface area contributed by atoms with E-state index < -0.39 is 0 Å². The molecule has 1 rings (SSSR count). The van der Waals surface area contributed by atoms with E-state index in [-0.39, 0.29) is 11.9 Å². The van der Waals surface area contributed by atoms with Crippen LogP contribution in [0.2, 0.25) is 0 Å². The van der Waals surface area contributed by atoms with Gasteiger partial charge in [0.1, 0.15) is 5.69 Å². The van der Waals surface area contributed by atoms with Crippen molar-refractivity contribution >= 4 is 37.8 Å². The molecule has 1 atom stereocenters. The van der Waals surface area contributed by atoms with Crippen molar-refractivity contribution in [3.05, 3.63) is 28.5 Å². The van der Waals surface area contributed by atoms with Gasteiger partial charge >= 0.3 is 0 Å². The van der Waals surface area contributed by atoms with Crippen molar-refractivity contribution < 1.29 is 4.79 Å². The van der Waals surface area contributed by atoms with Crippen LogP contribution in [0.25, 0.3) is 0 Å². The Bertz CT molecular complexity index is 352. The molecule has 5 heteroatoms. The Labute approximate surface area is 112 Å². The number of alkyl halides is 1. The minimum absolute atomic E-state index is 0.123. The number of rotatable bonds is 4. The number of carbonyl (C=O) groups excluding carboxylic acids is 1. The predicted molar refractivity (Wildman–Crippen MR) is 71.8 cm³/mol. The van der Waals surface area contributed by atoms with Crippen LogP contribution in [-0.2, 0) is 0 Å². The lowest BCUT2D eigenvalue weighted by Gasteiger charge is -2.19. The van der Waals surface area contributed by atoms with Gasteiger partial charge in [0.05, 0.1) is 0 Å². The molecule has 3 nitrogen and oxygen atoms in total. The van der Waals surface area contributed by atoms with Crippen LogP contribution in [0.5, 0.6) is 0 Å². The summed E-state index contributed by atoms with van der Waals surface area (Å²) in [6.07, 6.45) is 1.62. The zero-order valence-corrected chi connectivity index (χ0v) is 12.4. The average Bonchev–Trinajstić information content (AvgIpc) is 2.26. The van der Waals surface area contributed by atoms with Gasteiger partial charge in [0.2, 0.25) is 0 Å². The van der Waals surface area contributed by atoms with Crippen LogP contribution in [0.3, 0.4) is 0 Å². The number of hydrogen-bond acceptors (Lipinski definition) is 2. The second kappa shape index (κ2) is 6.35. The number of nitrogens with one attached hydrogen (secondary N) is 1. The van der Waals surface area contributed by atoms with Gasteiger partial charge in [-0.05, 0) is 34.0 Å². The lowest BCUT2D eigenvalue weighted by molar-refractivity contribution is 0.0926. The molecule has 0 saturated heterocycles. The number of aromatic nitrogens is 1. The number of carbonyl (C=O) groups is 1. The van der Waals surface area contributed by atoms with Crippen molar-refractivity contribution in [3.8, 4) is 0 Å². The zero-order valence-electron chi connectivity index (χ0n) is 9.21. The van der Waals surface area contributed by atoms with E-state index in [0.717, 1.165) is 9.80 Å². The van der Waals surface area contributed by atoms with Crippen molar-refractivity contribution in [2.75, 3.05) is 5.33 Å². The third-order valence-electron chi connectivity index (χ3n) is 2.25. The molecule has 0 saturated carbocycles.